The third kappa shape index (κ3) is 5.35. The number of anilines is 2. The molecule has 2 amide bonds. The Kier molecular flexibility index (Phi) is 6.51. The van der Waals surface area contributed by atoms with E-state index in [1.807, 2.05) is 37.4 Å². The third-order valence-electron chi connectivity index (χ3n) is 5.58. The van der Waals surface area contributed by atoms with Gasteiger partial charge < -0.3 is 15.6 Å². The number of rotatable bonds is 7. The summed E-state index contributed by atoms with van der Waals surface area (Å²) < 4.78 is 23.5. The van der Waals surface area contributed by atoms with Crippen molar-refractivity contribution in [3.05, 3.63) is 89.6 Å². The predicted molar refractivity (Wildman–Crippen MR) is 134 cm³/mol. The summed E-state index contributed by atoms with van der Waals surface area (Å²) in [6, 6.07) is 19.1. The largest absolute Gasteiger partial charge is 0.361 e. The van der Waals surface area contributed by atoms with Crippen LogP contribution >= 0.6 is 0 Å². The number of H-pyrrole nitrogens is 1. The molecular formula is C26H25N3O4S. The number of fused-ring (bicyclic) bond motifs is 1. The number of aryl methyl sites for hydroxylation is 2. The van der Waals surface area contributed by atoms with E-state index in [-0.39, 0.29) is 16.4 Å². The lowest BCUT2D eigenvalue weighted by molar-refractivity contribution is -0.116. The van der Waals surface area contributed by atoms with E-state index in [0.29, 0.717) is 24.2 Å². The van der Waals surface area contributed by atoms with Crippen molar-refractivity contribution in [1.82, 2.24) is 4.98 Å². The monoisotopic (exact) mass is 475 g/mol. The Bertz CT molecular complexity index is 1490. The van der Waals surface area contributed by atoms with Crippen LogP contribution in [0.25, 0.3) is 10.9 Å². The van der Waals surface area contributed by atoms with Crippen molar-refractivity contribution in [1.29, 1.82) is 0 Å². The Balaban J connectivity index is 1.38. The maximum atomic E-state index is 12.6. The fourth-order valence-electron chi connectivity index (χ4n) is 3.75. The first-order chi connectivity index (χ1) is 16.2. The maximum Gasteiger partial charge on any atom is 0.255 e. The number of nitrogens with one attached hydrogen (secondary N) is 3. The van der Waals surface area contributed by atoms with Gasteiger partial charge in [-0.25, -0.2) is 8.42 Å². The zero-order valence-corrected chi connectivity index (χ0v) is 19.7. The molecule has 0 aliphatic carbocycles. The molecule has 0 unspecified atom stereocenters. The van der Waals surface area contributed by atoms with Gasteiger partial charge in [-0.1, -0.05) is 24.3 Å². The molecule has 0 saturated carbocycles. The molecule has 4 aromatic rings. The highest BCUT2D eigenvalue weighted by Crippen LogP contribution is 2.22. The summed E-state index contributed by atoms with van der Waals surface area (Å²) in [5.74, 6) is -0.511. The molecule has 174 valence electrons. The Morgan fingerprint density at radius 1 is 0.941 bits per heavy atom. The van der Waals surface area contributed by atoms with Crippen LogP contribution in [-0.2, 0) is 21.1 Å². The Hall–Kier alpha value is -3.91. The highest BCUT2D eigenvalue weighted by atomic mass is 32.2. The molecule has 0 bridgehead atoms. The topological polar surface area (TPSA) is 108 Å². The van der Waals surface area contributed by atoms with Crippen LogP contribution in [-0.4, -0.2) is 31.5 Å². The Morgan fingerprint density at radius 3 is 2.50 bits per heavy atom. The van der Waals surface area contributed by atoms with Crippen molar-refractivity contribution >= 4 is 43.9 Å². The van der Waals surface area contributed by atoms with Crippen molar-refractivity contribution < 1.29 is 18.0 Å². The molecule has 1 heterocycles. The lowest BCUT2D eigenvalue weighted by Gasteiger charge is -2.12. The molecule has 3 aromatic carbocycles. The van der Waals surface area contributed by atoms with Gasteiger partial charge in [0, 0.05) is 46.7 Å². The van der Waals surface area contributed by atoms with Gasteiger partial charge in [0.1, 0.15) is 0 Å². The summed E-state index contributed by atoms with van der Waals surface area (Å²) >= 11 is 0. The number of aromatic nitrogens is 1. The molecule has 0 spiro atoms. The van der Waals surface area contributed by atoms with Gasteiger partial charge >= 0.3 is 0 Å². The summed E-state index contributed by atoms with van der Waals surface area (Å²) in [7, 11) is -3.41. The van der Waals surface area contributed by atoms with E-state index in [0.717, 1.165) is 28.3 Å². The standard InChI is InChI=1S/C26H25N3O4S/c1-17-14-20(28-25(30)13-10-19-16-27-24-9-4-3-8-22(19)24)11-12-23(17)29-26(31)18-6-5-7-21(15-18)34(2,32)33/h3-9,11-12,14-16,27H,10,13H2,1-2H3,(H,28,30)(H,29,31). The van der Waals surface area contributed by atoms with E-state index in [9.17, 15) is 18.0 Å². The maximum absolute atomic E-state index is 12.6. The van der Waals surface area contributed by atoms with Crippen LogP contribution in [0.1, 0.15) is 27.9 Å². The highest BCUT2D eigenvalue weighted by molar-refractivity contribution is 7.90. The third-order valence-corrected chi connectivity index (χ3v) is 6.69. The number of hydrogen-bond acceptors (Lipinski definition) is 4. The van der Waals surface area contributed by atoms with E-state index < -0.39 is 15.7 Å². The number of carbonyl (C=O) groups is 2. The molecule has 8 heteroatoms. The van der Waals surface area contributed by atoms with Crippen LogP contribution in [0.3, 0.4) is 0 Å². The number of amides is 2. The molecule has 0 radical (unpaired) electrons. The van der Waals surface area contributed by atoms with Gasteiger partial charge in [0.15, 0.2) is 9.84 Å². The predicted octanol–water partition coefficient (Wildman–Crippen LogP) is 4.70. The van der Waals surface area contributed by atoms with Crippen LogP contribution in [0.4, 0.5) is 11.4 Å². The summed E-state index contributed by atoms with van der Waals surface area (Å²) in [6.45, 7) is 1.82. The van der Waals surface area contributed by atoms with Crippen LogP contribution < -0.4 is 10.6 Å². The minimum atomic E-state index is -3.41. The first kappa shape index (κ1) is 23.3. The van der Waals surface area contributed by atoms with Crippen LogP contribution in [0.2, 0.25) is 0 Å². The lowest BCUT2D eigenvalue weighted by atomic mass is 10.1. The molecule has 0 fully saturated rings. The number of hydrogen-bond donors (Lipinski definition) is 3. The van der Waals surface area contributed by atoms with Gasteiger partial charge in [0.25, 0.3) is 5.91 Å². The molecule has 0 aliphatic heterocycles. The zero-order chi connectivity index (χ0) is 24.3. The molecule has 7 nitrogen and oxygen atoms in total. The fourth-order valence-corrected chi connectivity index (χ4v) is 4.42. The van der Waals surface area contributed by atoms with Gasteiger partial charge in [-0.3, -0.25) is 9.59 Å². The first-order valence-electron chi connectivity index (χ1n) is 10.8. The normalized spacial score (nSPS) is 11.4. The van der Waals surface area contributed by atoms with Crippen molar-refractivity contribution in [2.24, 2.45) is 0 Å². The molecule has 3 N–H and O–H groups in total. The minimum Gasteiger partial charge on any atom is -0.361 e. The van der Waals surface area contributed by atoms with Crippen LogP contribution in [0.15, 0.2) is 77.8 Å². The highest BCUT2D eigenvalue weighted by Gasteiger charge is 2.13. The second-order valence-corrected chi connectivity index (χ2v) is 10.2. The molecule has 0 atom stereocenters. The lowest BCUT2D eigenvalue weighted by Crippen LogP contribution is -2.15. The zero-order valence-electron chi connectivity index (χ0n) is 18.9. The number of sulfone groups is 1. The average molecular weight is 476 g/mol. The molecule has 34 heavy (non-hydrogen) atoms. The van der Waals surface area contributed by atoms with Crippen molar-refractivity contribution in [2.45, 2.75) is 24.7 Å². The van der Waals surface area contributed by atoms with Crippen molar-refractivity contribution in [3.8, 4) is 0 Å². The molecule has 0 saturated heterocycles. The van der Waals surface area contributed by atoms with Crippen molar-refractivity contribution in [2.75, 3.05) is 16.9 Å². The molecule has 4 rings (SSSR count). The van der Waals surface area contributed by atoms with Crippen LogP contribution in [0.5, 0.6) is 0 Å². The van der Waals surface area contributed by atoms with Gasteiger partial charge in [-0.05, 0) is 66.9 Å². The number of benzene rings is 3. The molecular weight excluding hydrogens is 450 g/mol. The number of aromatic amines is 1. The summed E-state index contributed by atoms with van der Waals surface area (Å²) in [5.41, 5.74) is 4.37. The SMILES string of the molecule is Cc1cc(NC(=O)CCc2c[nH]c3ccccc23)ccc1NC(=O)c1cccc(S(C)(=O)=O)c1. The molecule has 1 aromatic heterocycles. The Labute approximate surface area is 198 Å². The van der Waals surface area contributed by atoms with E-state index >= 15 is 0 Å². The summed E-state index contributed by atoms with van der Waals surface area (Å²) in [4.78, 5) is 28.4. The second kappa shape index (κ2) is 9.52. The van der Waals surface area contributed by atoms with Crippen LogP contribution in [0, 0.1) is 6.92 Å². The van der Waals surface area contributed by atoms with E-state index in [1.54, 1.807) is 24.3 Å². The quantitative estimate of drug-likeness (QED) is 0.360. The summed E-state index contributed by atoms with van der Waals surface area (Å²) in [5, 5.41) is 6.82. The van der Waals surface area contributed by atoms with Gasteiger partial charge in [0.2, 0.25) is 5.91 Å². The summed E-state index contributed by atoms with van der Waals surface area (Å²) in [6.07, 6.45) is 4.00. The number of carbonyl (C=O) groups excluding carboxylic acids is 2. The molecule has 0 aliphatic rings. The average Bonchev–Trinajstić information content (AvgIpc) is 3.22. The second-order valence-electron chi connectivity index (χ2n) is 8.19. The Morgan fingerprint density at radius 2 is 1.74 bits per heavy atom. The first-order valence-corrected chi connectivity index (χ1v) is 12.7. The van der Waals surface area contributed by atoms with E-state index in [1.165, 1.54) is 18.2 Å². The minimum absolute atomic E-state index is 0.0857. The van der Waals surface area contributed by atoms with Gasteiger partial charge in [-0.2, -0.15) is 0 Å². The van der Waals surface area contributed by atoms with E-state index in [4.69, 9.17) is 0 Å². The fraction of sp³-hybridized carbons (Fsp3) is 0.154. The number of para-hydroxylation sites is 1. The van der Waals surface area contributed by atoms with Gasteiger partial charge in [0.05, 0.1) is 4.90 Å². The van der Waals surface area contributed by atoms with Gasteiger partial charge in [-0.15, -0.1) is 0 Å². The smallest absolute Gasteiger partial charge is 0.255 e. The van der Waals surface area contributed by atoms with E-state index in [2.05, 4.69) is 15.6 Å². The van der Waals surface area contributed by atoms with Crippen molar-refractivity contribution in [3.63, 3.8) is 0 Å².